The number of aliphatic imine (C=N–C) groups is 1. The van der Waals surface area contributed by atoms with Crippen molar-refractivity contribution in [3.05, 3.63) is 69.9 Å². The average Bonchev–Trinajstić information content (AvgIpc) is 2.72. The zero-order valence-electron chi connectivity index (χ0n) is 16.0. The minimum absolute atomic E-state index is 0.119. The summed E-state index contributed by atoms with van der Waals surface area (Å²) in [6, 6.07) is 15.0. The molecule has 1 aliphatic heterocycles. The molecule has 1 saturated heterocycles. The van der Waals surface area contributed by atoms with Crippen LogP contribution >= 0.6 is 15.9 Å². The van der Waals surface area contributed by atoms with Crippen molar-refractivity contribution >= 4 is 21.9 Å². The molecule has 1 fully saturated rings. The number of benzene rings is 2. The molecule has 2 N–H and O–H groups in total. The van der Waals surface area contributed by atoms with E-state index in [-0.39, 0.29) is 11.9 Å². The molecule has 150 valence electrons. The SMILES string of the molecule is CN=C(NCc1cccc(Br)c1)NCC(c1ccc(F)cc1)N1CCOCC1. The normalized spacial score (nSPS) is 16.6. The Labute approximate surface area is 174 Å². The lowest BCUT2D eigenvalue weighted by Gasteiger charge is -2.35. The van der Waals surface area contributed by atoms with Crippen molar-refractivity contribution in [3.8, 4) is 0 Å². The predicted octanol–water partition coefficient (Wildman–Crippen LogP) is 3.33. The number of guanidine groups is 1. The van der Waals surface area contributed by atoms with Gasteiger partial charge in [-0.25, -0.2) is 4.39 Å². The summed E-state index contributed by atoms with van der Waals surface area (Å²) >= 11 is 3.49. The van der Waals surface area contributed by atoms with Crippen molar-refractivity contribution in [2.75, 3.05) is 39.9 Å². The van der Waals surface area contributed by atoms with Crippen molar-refractivity contribution < 1.29 is 9.13 Å². The van der Waals surface area contributed by atoms with Crippen LogP contribution in [0.15, 0.2) is 58.0 Å². The fourth-order valence-corrected chi connectivity index (χ4v) is 3.73. The van der Waals surface area contributed by atoms with Crippen LogP contribution in [0.3, 0.4) is 0 Å². The summed E-state index contributed by atoms with van der Waals surface area (Å²) in [5.41, 5.74) is 2.25. The van der Waals surface area contributed by atoms with Crippen molar-refractivity contribution in [1.29, 1.82) is 0 Å². The molecule has 1 aliphatic rings. The van der Waals surface area contributed by atoms with Gasteiger partial charge in [-0.1, -0.05) is 40.2 Å². The molecule has 0 spiro atoms. The number of nitrogens with one attached hydrogen (secondary N) is 2. The Morgan fingerprint density at radius 3 is 2.61 bits per heavy atom. The van der Waals surface area contributed by atoms with Gasteiger partial charge in [0.2, 0.25) is 0 Å². The zero-order chi connectivity index (χ0) is 19.8. The van der Waals surface area contributed by atoms with Crippen LogP contribution in [-0.2, 0) is 11.3 Å². The highest BCUT2D eigenvalue weighted by molar-refractivity contribution is 9.10. The number of nitrogens with zero attached hydrogens (tertiary/aromatic N) is 2. The highest BCUT2D eigenvalue weighted by atomic mass is 79.9. The third kappa shape index (κ3) is 6.02. The quantitative estimate of drug-likeness (QED) is 0.525. The van der Waals surface area contributed by atoms with Crippen molar-refractivity contribution in [2.24, 2.45) is 4.99 Å². The first-order valence-electron chi connectivity index (χ1n) is 9.42. The van der Waals surface area contributed by atoms with Gasteiger partial charge in [-0.3, -0.25) is 9.89 Å². The Hall–Kier alpha value is -1.96. The fraction of sp³-hybridized carbons (Fsp3) is 0.381. The van der Waals surface area contributed by atoms with Gasteiger partial charge < -0.3 is 15.4 Å². The monoisotopic (exact) mass is 448 g/mol. The average molecular weight is 449 g/mol. The molecule has 0 aromatic heterocycles. The van der Waals surface area contributed by atoms with E-state index in [1.165, 1.54) is 17.7 Å². The van der Waals surface area contributed by atoms with Crippen LogP contribution in [0, 0.1) is 5.82 Å². The van der Waals surface area contributed by atoms with Gasteiger partial charge in [0.25, 0.3) is 0 Å². The fourth-order valence-electron chi connectivity index (χ4n) is 3.28. The number of morpholine rings is 1. The number of rotatable bonds is 6. The van der Waals surface area contributed by atoms with Gasteiger partial charge in [-0.2, -0.15) is 0 Å². The third-order valence-corrected chi connectivity index (χ3v) is 5.27. The van der Waals surface area contributed by atoms with E-state index >= 15 is 0 Å². The van der Waals surface area contributed by atoms with Gasteiger partial charge in [0.15, 0.2) is 5.96 Å². The second kappa shape index (κ2) is 10.5. The van der Waals surface area contributed by atoms with Crippen molar-refractivity contribution in [1.82, 2.24) is 15.5 Å². The number of hydrogen-bond donors (Lipinski definition) is 2. The summed E-state index contributed by atoms with van der Waals surface area (Å²) in [4.78, 5) is 6.70. The Balaban J connectivity index is 1.63. The lowest BCUT2D eigenvalue weighted by molar-refractivity contribution is 0.0170. The minimum atomic E-state index is -0.219. The van der Waals surface area contributed by atoms with Crippen LogP contribution in [-0.4, -0.2) is 50.8 Å². The molecule has 0 aliphatic carbocycles. The predicted molar refractivity (Wildman–Crippen MR) is 114 cm³/mol. The second-order valence-corrected chi connectivity index (χ2v) is 7.57. The molecule has 7 heteroatoms. The molecule has 1 unspecified atom stereocenters. The van der Waals surface area contributed by atoms with Gasteiger partial charge in [0.1, 0.15) is 5.82 Å². The van der Waals surface area contributed by atoms with Crippen LogP contribution in [0.1, 0.15) is 17.2 Å². The Morgan fingerprint density at radius 1 is 1.18 bits per heavy atom. The van der Waals surface area contributed by atoms with Crippen LogP contribution in [0.5, 0.6) is 0 Å². The first-order valence-corrected chi connectivity index (χ1v) is 10.2. The van der Waals surface area contributed by atoms with Crippen LogP contribution in [0.25, 0.3) is 0 Å². The highest BCUT2D eigenvalue weighted by Gasteiger charge is 2.23. The maximum atomic E-state index is 13.4. The van der Waals surface area contributed by atoms with Crippen LogP contribution in [0.2, 0.25) is 0 Å². The lowest BCUT2D eigenvalue weighted by Crippen LogP contribution is -2.46. The maximum Gasteiger partial charge on any atom is 0.191 e. The molecule has 0 saturated carbocycles. The first kappa shape index (κ1) is 20.8. The largest absolute Gasteiger partial charge is 0.379 e. The molecular formula is C21H26BrFN4O. The number of halogens is 2. The van der Waals surface area contributed by atoms with E-state index in [4.69, 9.17) is 4.74 Å². The standard InChI is InChI=1S/C21H26BrFN4O/c1-24-21(25-14-16-3-2-4-18(22)13-16)26-15-20(27-9-11-28-12-10-27)17-5-7-19(23)8-6-17/h2-8,13,20H,9-12,14-15H2,1H3,(H2,24,25,26). The summed E-state index contributed by atoms with van der Waals surface area (Å²) in [6.45, 7) is 4.49. The molecule has 2 aromatic carbocycles. The van der Waals surface area contributed by atoms with Crippen molar-refractivity contribution in [2.45, 2.75) is 12.6 Å². The summed E-state index contributed by atoms with van der Waals surface area (Å²) in [7, 11) is 1.76. The highest BCUT2D eigenvalue weighted by Crippen LogP contribution is 2.21. The summed E-state index contributed by atoms with van der Waals surface area (Å²) in [6.07, 6.45) is 0. The Kier molecular flexibility index (Phi) is 7.82. The van der Waals surface area contributed by atoms with E-state index in [2.05, 4.69) is 48.6 Å². The molecule has 0 amide bonds. The molecule has 0 bridgehead atoms. The molecule has 0 radical (unpaired) electrons. The van der Waals surface area contributed by atoms with Crippen LogP contribution < -0.4 is 10.6 Å². The molecular weight excluding hydrogens is 423 g/mol. The Bertz CT molecular complexity index is 778. The van der Waals surface area contributed by atoms with Gasteiger partial charge in [-0.05, 0) is 35.4 Å². The van der Waals surface area contributed by atoms with E-state index in [9.17, 15) is 4.39 Å². The number of ether oxygens (including phenoxy) is 1. The topological polar surface area (TPSA) is 48.9 Å². The summed E-state index contributed by atoms with van der Waals surface area (Å²) in [5, 5.41) is 6.76. The van der Waals surface area contributed by atoms with E-state index in [1.54, 1.807) is 7.05 Å². The molecule has 5 nitrogen and oxygen atoms in total. The zero-order valence-corrected chi connectivity index (χ0v) is 17.6. The minimum Gasteiger partial charge on any atom is -0.379 e. The van der Waals surface area contributed by atoms with Gasteiger partial charge in [0, 0.05) is 37.7 Å². The maximum absolute atomic E-state index is 13.4. The van der Waals surface area contributed by atoms with Gasteiger partial charge >= 0.3 is 0 Å². The molecule has 2 aromatic rings. The first-order chi connectivity index (χ1) is 13.7. The van der Waals surface area contributed by atoms with E-state index in [0.29, 0.717) is 26.3 Å². The van der Waals surface area contributed by atoms with Crippen LogP contribution in [0.4, 0.5) is 4.39 Å². The summed E-state index contributed by atoms with van der Waals surface area (Å²) < 4.78 is 19.9. The molecule has 3 rings (SSSR count). The third-order valence-electron chi connectivity index (χ3n) is 4.78. The van der Waals surface area contributed by atoms with Gasteiger partial charge in [0.05, 0.1) is 19.3 Å². The Morgan fingerprint density at radius 2 is 1.93 bits per heavy atom. The smallest absolute Gasteiger partial charge is 0.191 e. The van der Waals surface area contributed by atoms with E-state index in [0.717, 1.165) is 29.1 Å². The van der Waals surface area contributed by atoms with Crippen molar-refractivity contribution in [3.63, 3.8) is 0 Å². The second-order valence-electron chi connectivity index (χ2n) is 6.65. The molecule has 1 atom stereocenters. The molecule has 28 heavy (non-hydrogen) atoms. The summed E-state index contributed by atoms with van der Waals surface area (Å²) in [5.74, 6) is 0.518. The van der Waals surface area contributed by atoms with E-state index in [1.807, 2.05) is 24.3 Å². The van der Waals surface area contributed by atoms with E-state index < -0.39 is 0 Å². The number of hydrogen-bond acceptors (Lipinski definition) is 3. The lowest BCUT2D eigenvalue weighted by atomic mass is 10.0. The van der Waals surface area contributed by atoms with Gasteiger partial charge in [-0.15, -0.1) is 0 Å². The molecule has 1 heterocycles.